The molecular weight excluding hydrogens is 372 g/mol. The van der Waals surface area contributed by atoms with Crippen LogP contribution in [0.2, 0.25) is 0 Å². The molecule has 0 atom stereocenters. The Labute approximate surface area is 166 Å². The molecule has 0 aliphatic carbocycles. The van der Waals surface area contributed by atoms with Crippen molar-refractivity contribution in [1.29, 1.82) is 0 Å². The van der Waals surface area contributed by atoms with Crippen LogP contribution in [-0.4, -0.2) is 5.97 Å². The average Bonchev–Trinajstić information content (AvgIpc) is 3.20. The van der Waals surface area contributed by atoms with E-state index in [1.54, 1.807) is 24.3 Å². The van der Waals surface area contributed by atoms with Gasteiger partial charge in [0.2, 0.25) is 0 Å². The van der Waals surface area contributed by atoms with Crippen LogP contribution in [0.4, 0.5) is 0 Å². The van der Waals surface area contributed by atoms with E-state index in [9.17, 15) is 9.59 Å². The minimum absolute atomic E-state index is 0.366. The quantitative estimate of drug-likeness (QED) is 0.270. The summed E-state index contributed by atoms with van der Waals surface area (Å²) in [4.78, 5) is 25.6. The highest BCUT2D eigenvalue weighted by atomic mass is 32.1. The summed E-state index contributed by atoms with van der Waals surface area (Å²) >= 11 is 1.32. The number of aryl methyl sites for hydroxylation is 2. The minimum atomic E-state index is -0.419. The van der Waals surface area contributed by atoms with E-state index in [0.717, 1.165) is 16.7 Å². The van der Waals surface area contributed by atoms with E-state index < -0.39 is 5.97 Å². The van der Waals surface area contributed by atoms with Gasteiger partial charge in [0.1, 0.15) is 16.2 Å². The Morgan fingerprint density at radius 2 is 1.86 bits per heavy atom. The van der Waals surface area contributed by atoms with Gasteiger partial charge in [-0.25, -0.2) is 9.59 Å². The van der Waals surface area contributed by atoms with Gasteiger partial charge in [-0.3, -0.25) is 0 Å². The second kappa shape index (κ2) is 7.44. The molecule has 0 saturated heterocycles. The lowest BCUT2D eigenvalue weighted by Gasteiger charge is -2.13. The molecule has 2 heterocycles. The molecule has 0 bridgehead atoms. The molecule has 2 aromatic carbocycles. The van der Waals surface area contributed by atoms with Crippen molar-refractivity contribution in [3.63, 3.8) is 0 Å². The molecule has 0 aliphatic heterocycles. The van der Waals surface area contributed by atoms with Crippen LogP contribution in [0.1, 0.15) is 31.9 Å². The molecule has 0 N–H and O–H groups in total. The zero-order valence-electron chi connectivity index (χ0n) is 15.5. The largest absolute Gasteiger partial charge is 0.422 e. The Balaban J connectivity index is 1.84. The summed E-state index contributed by atoms with van der Waals surface area (Å²) in [6.07, 6.45) is 0.455. The first-order chi connectivity index (χ1) is 13.5. The summed E-state index contributed by atoms with van der Waals surface area (Å²) in [5.74, 6) is -0.0129. The van der Waals surface area contributed by atoms with Gasteiger partial charge in [0.05, 0.1) is 5.39 Å². The van der Waals surface area contributed by atoms with E-state index in [0.29, 0.717) is 33.6 Å². The highest BCUT2D eigenvalue weighted by Gasteiger charge is 2.19. The summed E-state index contributed by atoms with van der Waals surface area (Å²) in [5, 5.41) is 2.48. The Bertz CT molecular complexity index is 1210. The number of carbonyl (C=O) groups is 1. The van der Waals surface area contributed by atoms with Crippen molar-refractivity contribution in [2.75, 3.05) is 0 Å². The normalized spacial score (nSPS) is 10.9. The van der Waals surface area contributed by atoms with Crippen LogP contribution < -0.4 is 10.4 Å². The van der Waals surface area contributed by atoms with Crippen molar-refractivity contribution >= 4 is 28.3 Å². The summed E-state index contributed by atoms with van der Waals surface area (Å²) in [6, 6.07) is 16.9. The van der Waals surface area contributed by atoms with Crippen LogP contribution in [-0.2, 0) is 6.42 Å². The monoisotopic (exact) mass is 390 g/mol. The molecule has 28 heavy (non-hydrogen) atoms. The lowest BCUT2D eigenvalue weighted by atomic mass is 9.98. The molecular formula is C23H18O4S. The van der Waals surface area contributed by atoms with Crippen molar-refractivity contribution in [2.45, 2.75) is 20.3 Å². The fourth-order valence-corrected chi connectivity index (χ4v) is 3.87. The highest BCUT2D eigenvalue weighted by Crippen LogP contribution is 2.32. The van der Waals surface area contributed by atoms with Crippen LogP contribution in [0.25, 0.3) is 11.0 Å². The Morgan fingerprint density at radius 3 is 2.57 bits per heavy atom. The lowest BCUT2D eigenvalue weighted by Crippen LogP contribution is -2.13. The molecule has 4 nitrogen and oxygen atoms in total. The van der Waals surface area contributed by atoms with Gasteiger partial charge in [0.15, 0.2) is 0 Å². The van der Waals surface area contributed by atoms with Crippen molar-refractivity contribution in [1.82, 2.24) is 0 Å². The molecule has 4 aromatic rings. The van der Waals surface area contributed by atoms with E-state index in [4.69, 9.17) is 9.15 Å². The van der Waals surface area contributed by atoms with Crippen molar-refractivity contribution in [2.24, 2.45) is 0 Å². The summed E-state index contributed by atoms with van der Waals surface area (Å²) < 4.78 is 11.3. The maximum Gasteiger partial charge on any atom is 0.353 e. The fraction of sp³-hybridized carbons (Fsp3) is 0.130. The predicted molar refractivity (Wildman–Crippen MR) is 110 cm³/mol. The highest BCUT2D eigenvalue weighted by molar-refractivity contribution is 7.12. The molecule has 0 saturated carbocycles. The third-order valence-corrected chi connectivity index (χ3v) is 5.49. The standard InChI is InChI=1S/C23H18O4S/c1-14-11-18-21(19(12-14)27-23(25)20-9-6-10-28-20)15(2)17(22(24)26-18)13-16-7-4-3-5-8-16/h3-12H,13H2,1-2H3. The number of rotatable bonds is 4. The number of thiophene rings is 1. The first-order valence-electron chi connectivity index (χ1n) is 8.89. The Morgan fingerprint density at radius 1 is 1.07 bits per heavy atom. The van der Waals surface area contributed by atoms with Gasteiger partial charge in [0.25, 0.3) is 0 Å². The first-order valence-corrected chi connectivity index (χ1v) is 9.77. The van der Waals surface area contributed by atoms with Gasteiger partial charge in [-0.1, -0.05) is 36.4 Å². The van der Waals surface area contributed by atoms with Gasteiger partial charge in [0, 0.05) is 12.0 Å². The molecule has 4 rings (SSSR count). The molecule has 5 heteroatoms. The molecule has 0 aliphatic rings. The molecule has 0 spiro atoms. The van der Waals surface area contributed by atoms with Gasteiger partial charge in [-0.15, -0.1) is 11.3 Å². The Kier molecular flexibility index (Phi) is 4.84. The third kappa shape index (κ3) is 3.49. The topological polar surface area (TPSA) is 56.5 Å². The predicted octanol–water partition coefficient (Wildman–Crippen LogP) is 5.28. The van der Waals surface area contributed by atoms with Gasteiger partial charge in [-0.2, -0.15) is 0 Å². The number of carbonyl (C=O) groups excluding carboxylic acids is 1. The van der Waals surface area contributed by atoms with E-state index in [1.165, 1.54) is 11.3 Å². The lowest BCUT2D eigenvalue weighted by molar-refractivity contribution is 0.0742. The maximum absolute atomic E-state index is 12.6. The summed E-state index contributed by atoms with van der Waals surface area (Å²) in [7, 11) is 0. The van der Waals surface area contributed by atoms with Gasteiger partial charge >= 0.3 is 11.6 Å². The molecule has 140 valence electrons. The second-order valence-electron chi connectivity index (χ2n) is 6.66. The zero-order valence-corrected chi connectivity index (χ0v) is 16.3. The van der Waals surface area contributed by atoms with Crippen molar-refractivity contribution in [3.8, 4) is 5.75 Å². The van der Waals surface area contributed by atoms with E-state index in [1.807, 2.05) is 49.6 Å². The molecule has 0 fully saturated rings. The van der Waals surface area contributed by atoms with Crippen LogP contribution in [0.3, 0.4) is 0 Å². The van der Waals surface area contributed by atoms with Crippen LogP contribution in [0.15, 0.2) is 69.2 Å². The summed E-state index contributed by atoms with van der Waals surface area (Å²) in [5.41, 5.74) is 3.25. The van der Waals surface area contributed by atoms with Crippen molar-refractivity contribution in [3.05, 3.63) is 97.5 Å². The second-order valence-corrected chi connectivity index (χ2v) is 7.61. The number of hydrogen-bond donors (Lipinski definition) is 0. The fourth-order valence-electron chi connectivity index (χ4n) is 3.27. The van der Waals surface area contributed by atoms with Gasteiger partial charge < -0.3 is 9.15 Å². The molecule has 0 radical (unpaired) electrons. The molecule has 0 unspecified atom stereocenters. The van der Waals surface area contributed by atoms with Gasteiger partial charge in [-0.05, 0) is 54.1 Å². The third-order valence-electron chi connectivity index (χ3n) is 4.64. The van der Waals surface area contributed by atoms with Crippen molar-refractivity contribution < 1.29 is 13.9 Å². The summed E-state index contributed by atoms with van der Waals surface area (Å²) in [6.45, 7) is 3.74. The van der Waals surface area contributed by atoms with Crippen LogP contribution in [0.5, 0.6) is 5.75 Å². The van der Waals surface area contributed by atoms with Crippen LogP contribution in [0, 0.1) is 13.8 Å². The number of fused-ring (bicyclic) bond motifs is 1. The Hall–Kier alpha value is -3.18. The average molecular weight is 390 g/mol. The molecule has 2 aromatic heterocycles. The van der Waals surface area contributed by atoms with E-state index >= 15 is 0 Å². The van der Waals surface area contributed by atoms with E-state index in [2.05, 4.69) is 0 Å². The van der Waals surface area contributed by atoms with E-state index in [-0.39, 0.29) is 5.63 Å². The smallest absolute Gasteiger partial charge is 0.353 e. The maximum atomic E-state index is 12.6. The number of hydrogen-bond acceptors (Lipinski definition) is 5. The first kappa shape index (κ1) is 18.2. The number of esters is 1. The zero-order chi connectivity index (χ0) is 19.7. The number of benzene rings is 2. The SMILES string of the molecule is Cc1cc(OC(=O)c2cccs2)c2c(C)c(Cc3ccccc3)c(=O)oc2c1. The minimum Gasteiger partial charge on any atom is -0.422 e. The van der Waals surface area contributed by atoms with Crippen LogP contribution >= 0.6 is 11.3 Å². The molecule has 0 amide bonds. The number of ether oxygens (including phenoxy) is 1.